The maximum atomic E-state index is 12.3. The maximum absolute atomic E-state index is 12.3. The van der Waals surface area contributed by atoms with Crippen molar-refractivity contribution in [2.45, 2.75) is 6.18 Å². The second kappa shape index (κ2) is 5.34. The van der Waals surface area contributed by atoms with E-state index in [1.165, 1.54) is 12.1 Å². The number of benzene rings is 1. The van der Waals surface area contributed by atoms with E-state index in [0.717, 1.165) is 12.1 Å². The normalized spacial score (nSPS) is 11.2. The van der Waals surface area contributed by atoms with E-state index in [1.807, 2.05) is 0 Å². The zero-order valence-electron chi connectivity index (χ0n) is 8.05. The highest BCUT2D eigenvalue weighted by Gasteiger charge is 2.30. The summed E-state index contributed by atoms with van der Waals surface area (Å²) in [5, 5.41) is 0.117. The Bertz CT molecular complexity index is 377. The van der Waals surface area contributed by atoms with Gasteiger partial charge in [-0.2, -0.15) is 13.2 Å². The third-order valence-electron chi connectivity index (χ3n) is 1.71. The highest BCUT2D eigenvalue weighted by molar-refractivity contribution is 9.09. The van der Waals surface area contributed by atoms with Crippen LogP contribution in [-0.4, -0.2) is 17.7 Å². The molecule has 0 saturated carbocycles. The van der Waals surface area contributed by atoms with E-state index in [2.05, 4.69) is 15.9 Å². The molecule has 0 aliphatic heterocycles. The van der Waals surface area contributed by atoms with Crippen molar-refractivity contribution < 1.29 is 22.7 Å². The second-order valence-electron chi connectivity index (χ2n) is 2.99. The molecule has 1 aromatic carbocycles. The Morgan fingerprint density at radius 2 is 2.06 bits per heavy atom. The van der Waals surface area contributed by atoms with Crippen LogP contribution in [0.4, 0.5) is 13.2 Å². The van der Waals surface area contributed by atoms with Gasteiger partial charge in [-0.15, -0.1) is 0 Å². The van der Waals surface area contributed by atoms with Gasteiger partial charge in [0.25, 0.3) is 0 Å². The topological polar surface area (TPSA) is 26.3 Å². The molecule has 0 N–H and O–H groups in total. The van der Waals surface area contributed by atoms with Gasteiger partial charge in [0, 0.05) is 0 Å². The third kappa shape index (κ3) is 3.84. The lowest BCUT2D eigenvalue weighted by Crippen LogP contribution is -2.12. The van der Waals surface area contributed by atoms with Crippen LogP contribution < -0.4 is 4.74 Å². The molecule has 0 aliphatic rings. The number of ketones is 1. The first-order valence-electron chi connectivity index (χ1n) is 4.31. The Kier molecular flexibility index (Phi) is 4.35. The van der Waals surface area contributed by atoms with Gasteiger partial charge in [-0.05, 0) is 18.2 Å². The van der Waals surface area contributed by atoms with Crippen LogP contribution in [-0.2, 0) is 11.0 Å². The molecule has 0 fully saturated rings. The van der Waals surface area contributed by atoms with Crippen LogP contribution in [0.3, 0.4) is 0 Å². The molecule has 2 nitrogen and oxygen atoms in total. The van der Waals surface area contributed by atoms with E-state index >= 15 is 0 Å². The van der Waals surface area contributed by atoms with Crippen LogP contribution >= 0.6 is 15.9 Å². The summed E-state index contributed by atoms with van der Waals surface area (Å²) < 4.78 is 41.8. The molecule has 1 rings (SSSR count). The molecule has 16 heavy (non-hydrogen) atoms. The number of Topliss-reactive ketones (excluding diaryl/α,β-unsaturated/α-hetero) is 1. The van der Waals surface area contributed by atoms with Crippen molar-refractivity contribution in [2.24, 2.45) is 0 Å². The van der Waals surface area contributed by atoms with Crippen molar-refractivity contribution in [1.82, 2.24) is 0 Å². The second-order valence-corrected chi connectivity index (χ2v) is 3.55. The number of ether oxygens (including phenoxy) is 1. The van der Waals surface area contributed by atoms with Crippen LogP contribution in [0, 0.1) is 0 Å². The summed E-state index contributed by atoms with van der Waals surface area (Å²) in [4.78, 5) is 10.9. The molecule has 1 aromatic rings. The van der Waals surface area contributed by atoms with Crippen molar-refractivity contribution >= 4 is 21.7 Å². The lowest BCUT2D eigenvalue weighted by atomic mass is 10.2. The van der Waals surface area contributed by atoms with Crippen LogP contribution in [0.25, 0.3) is 0 Å². The highest BCUT2D eigenvalue weighted by atomic mass is 79.9. The molecule has 6 heteroatoms. The van der Waals surface area contributed by atoms with Crippen molar-refractivity contribution in [2.75, 3.05) is 11.9 Å². The Morgan fingerprint density at radius 3 is 2.62 bits per heavy atom. The molecule has 0 unspecified atom stereocenters. The van der Waals surface area contributed by atoms with Gasteiger partial charge < -0.3 is 4.74 Å². The quantitative estimate of drug-likeness (QED) is 0.798. The average molecular weight is 297 g/mol. The largest absolute Gasteiger partial charge is 0.486 e. The lowest BCUT2D eigenvalue weighted by Gasteiger charge is -2.09. The summed E-state index contributed by atoms with van der Waals surface area (Å²) in [5.41, 5.74) is -0.795. The molecule has 0 bridgehead atoms. The third-order valence-corrected chi connectivity index (χ3v) is 2.34. The Balaban J connectivity index is 2.72. The van der Waals surface area contributed by atoms with Gasteiger partial charge in [-0.1, -0.05) is 22.0 Å². The molecule has 0 atom stereocenters. The van der Waals surface area contributed by atoms with E-state index in [-0.39, 0.29) is 23.5 Å². The Hall–Kier alpha value is -1.04. The van der Waals surface area contributed by atoms with Gasteiger partial charge in [-0.3, -0.25) is 4.79 Å². The van der Waals surface area contributed by atoms with Gasteiger partial charge in [0.05, 0.1) is 10.9 Å². The maximum Gasteiger partial charge on any atom is 0.416 e. The van der Waals surface area contributed by atoms with Crippen molar-refractivity contribution in [3.63, 3.8) is 0 Å². The molecule has 88 valence electrons. The van der Waals surface area contributed by atoms with Crippen LogP contribution in [0.2, 0.25) is 0 Å². The Labute approximate surface area is 98.5 Å². The highest BCUT2D eigenvalue weighted by Crippen LogP contribution is 2.31. The molecule has 0 aliphatic carbocycles. The molecular formula is C10H8BrF3O2. The van der Waals surface area contributed by atoms with Crippen LogP contribution in [0.5, 0.6) is 5.75 Å². The summed E-state index contributed by atoms with van der Waals surface area (Å²) in [6.07, 6.45) is -4.40. The Morgan fingerprint density at radius 1 is 1.38 bits per heavy atom. The molecule has 0 saturated heterocycles. The van der Waals surface area contributed by atoms with E-state index in [0.29, 0.717) is 0 Å². The summed E-state index contributed by atoms with van der Waals surface area (Å²) in [7, 11) is 0. The predicted octanol–water partition coefficient (Wildman–Crippen LogP) is 3.05. The van der Waals surface area contributed by atoms with Gasteiger partial charge in [0.2, 0.25) is 0 Å². The first kappa shape index (κ1) is 13.0. The fraction of sp³-hybridized carbons (Fsp3) is 0.300. The summed E-state index contributed by atoms with van der Waals surface area (Å²) in [6.45, 7) is -0.243. The zero-order valence-corrected chi connectivity index (χ0v) is 9.64. The van der Waals surface area contributed by atoms with Crippen molar-refractivity contribution in [1.29, 1.82) is 0 Å². The molecule has 0 spiro atoms. The van der Waals surface area contributed by atoms with Gasteiger partial charge >= 0.3 is 6.18 Å². The van der Waals surface area contributed by atoms with Crippen molar-refractivity contribution in [3.8, 4) is 5.75 Å². The minimum absolute atomic E-state index is 0.0316. The summed E-state index contributed by atoms with van der Waals surface area (Å²) in [5.74, 6) is -0.207. The summed E-state index contributed by atoms with van der Waals surface area (Å²) in [6, 6.07) is 4.41. The lowest BCUT2D eigenvalue weighted by molar-refractivity contribution is -0.137. The number of hydrogen-bond donors (Lipinski definition) is 0. The van der Waals surface area contributed by atoms with E-state index in [1.54, 1.807) is 0 Å². The average Bonchev–Trinajstić information content (AvgIpc) is 2.25. The predicted molar refractivity (Wildman–Crippen MR) is 55.7 cm³/mol. The minimum Gasteiger partial charge on any atom is -0.486 e. The number of rotatable bonds is 4. The molecule has 0 amide bonds. The first-order valence-corrected chi connectivity index (χ1v) is 5.43. The van der Waals surface area contributed by atoms with Crippen LogP contribution in [0.1, 0.15) is 5.56 Å². The molecule has 0 aromatic heterocycles. The smallest absolute Gasteiger partial charge is 0.416 e. The number of hydrogen-bond acceptors (Lipinski definition) is 2. The number of carbonyl (C=O) groups excluding carboxylic acids is 1. The van der Waals surface area contributed by atoms with Crippen molar-refractivity contribution in [3.05, 3.63) is 29.8 Å². The van der Waals surface area contributed by atoms with E-state index in [9.17, 15) is 18.0 Å². The molecule has 0 heterocycles. The standard InChI is InChI=1S/C10H8BrF3O2/c11-5-8(15)6-16-9-3-1-2-7(4-9)10(12,13)14/h1-4H,5-6H2. The number of alkyl halides is 4. The number of halogens is 4. The van der Waals surface area contributed by atoms with Gasteiger partial charge in [0.15, 0.2) is 5.78 Å². The first-order chi connectivity index (χ1) is 7.43. The fourth-order valence-corrected chi connectivity index (χ4v) is 1.13. The monoisotopic (exact) mass is 296 g/mol. The number of carbonyl (C=O) groups is 1. The van der Waals surface area contributed by atoms with E-state index < -0.39 is 11.7 Å². The zero-order chi connectivity index (χ0) is 12.2. The molecular weight excluding hydrogens is 289 g/mol. The van der Waals surface area contributed by atoms with Crippen LogP contribution in [0.15, 0.2) is 24.3 Å². The molecule has 0 radical (unpaired) electrons. The van der Waals surface area contributed by atoms with Gasteiger partial charge in [-0.25, -0.2) is 0 Å². The SMILES string of the molecule is O=C(CBr)COc1cccc(C(F)(F)F)c1. The fourth-order valence-electron chi connectivity index (χ4n) is 0.965. The summed E-state index contributed by atoms with van der Waals surface area (Å²) >= 11 is 2.92. The van der Waals surface area contributed by atoms with E-state index in [4.69, 9.17) is 4.74 Å². The van der Waals surface area contributed by atoms with Gasteiger partial charge in [0.1, 0.15) is 12.4 Å². The minimum atomic E-state index is -4.40.